The number of aromatic amines is 3. The fourth-order valence-electron chi connectivity index (χ4n) is 7.00. The molecule has 3 saturated heterocycles. The maximum atomic E-state index is 11.7. The molecule has 404 valence electrons. The standard InChI is InChI=1S/3C10H13N5O5.H5O10P3/c3*11-10-13-7-4(8(19)14-10)12-2-15(7)9-6(18)5(17)3(1-16)20-9;1-11(2,3)9-13(7,8)10-12(4,5)6/h3*2-3,5-6,9,16-18H,1H2,(H3,11,13,14,19);(H,7,8)(H2,1,2,3)(H2,4,5,6)/t3*3-,5-,6-,9-;/m111./s1. The van der Waals surface area contributed by atoms with Gasteiger partial charge in [0.25, 0.3) is 16.7 Å². The van der Waals surface area contributed by atoms with E-state index in [1.807, 2.05) is 0 Å². The van der Waals surface area contributed by atoms with Gasteiger partial charge in [0.2, 0.25) is 17.8 Å². The smallest absolute Gasteiger partial charge is 0.394 e. The Morgan fingerprint density at radius 3 is 0.945 bits per heavy atom. The molecule has 0 bridgehead atoms. The number of nitrogens with two attached hydrogens (primary N) is 3. The van der Waals surface area contributed by atoms with Crippen LogP contribution >= 0.6 is 23.5 Å². The number of nitrogen functional groups attached to an aromatic ring is 3. The largest absolute Gasteiger partial charge is 0.490 e. The van der Waals surface area contributed by atoms with Crippen LogP contribution in [0, 0.1) is 0 Å². The highest BCUT2D eigenvalue weighted by atomic mass is 31.3. The van der Waals surface area contributed by atoms with E-state index in [1.54, 1.807) is 0 Å². The first kappa shape index (κ1) is 56.7. The monoisotopic (exact) mass is 1110 g/mol. The topological polar surface area (TPSA) is 649 Å². The number of hydrogen-bond donors (Lipinski definition) is 20. The number of imidazole rings is 3. The van der Waals surface area contributed by atoms with Crippen LogP contribution in [0.5, 0.6) is 0 Å². The number of phosphoric acid groups is 3. The quantitative estimate of drug-likeness (QED) is 0.0567. The zero-order chi connectivity index (χ0) is 54.2. The van der Waals surface area contributed by atoms with Crippen molar-refractivity contribution in [3.05, 3.63) is 50.0 Å². The summed E-state index contributed by atoms with van der Waals surface area (Å²) in [6.07, 6.45) is -9.64. The molecule has 9 heterocycles. The van der Waals surface area contributed by atoms with Gasteiger partial charge in [-0.2, -0.15) is 23.6 Å². The molecule has 0 unspecified atom stereocenters. The SMILES string of the molecule is Nc1nc2c(ncn2[C@@H]2O[C@H](CO)[C@@H](O)[C@H]2O)c(=O)[nH]1.Nc1nc2c(ncn2[C@@H]2O[C@H](CO)[C@@H](O)[C@H]2O)c(=O)[nH]1.Nc1nc2c(ncn2[C@@H]2O[C@H](CO)[C@@H](O)[C@H]2O)c(=O)[nH]1.O=P(O)(O)OP(=O)(O)OP(=O)(O)O. The highest BCUT2D eigenvalue weighted by molar-refractivity contribution is 7.66. The molecule has 3 aliphatic heterocycles. The van der Waals surface area contributed by atoms with Crippen molar-refractivity contribution in [2.45, 2.75) is 73.6 Å². The first-order valence-electron chi connectivity index (χ1n) is 19.9. The molecule has 0 saturated carbocycles. The molecule has 40 nitrogen and oxygen atoms in total. The van der Waals surface area contributed by atoms with Gasteiger partial charge in [0.1, 0.15) is 54.9 Å². The summed E-state index contributed by atoms with van der Waals surface area (Å²) in [5, 5.41) is 86.2. The predicted molar refractivity (Wildman–Crippen MR) is 233 cm³/mol. The first-order valence-corrected chi connectivity index (χ1v) is 24.5. The summed E-state index contributed by atoms with van der Waals surface area (Å²) in [5.74, 6) is -0.303. The van der Waals surface area contributed by atoms with Crippen molar-refractivity contribution >= 4 is 74.8 Å². The fraction of sp³-hybridized carbons (Fsp3) is 0.500. The summed E-state index contributed by atoms with van der Waals surface area (Å²) in [4.78, 5) is 106. The van der Waals surface area contributed by atoms with Crippen molar-refractivity contribution in [1.82, 2.24) is 58.6 Å². The number of fused-ring (bicyclic) bond motifs is 3. The molecule has 0 radical (unpaired) electrons. The van der Waals surface area contributed by atoms with Crippen LogP contribution in [0.15, 0.2) is 33.4 Å². The van der Waals surface area contributed by atoms with E-state index in [0.29, 0.717) is 0 Å². The number of ether oxygens (including phenoxy) is 3. The van der Waals surface area contributed by atoms with Crippen LogP contribution in [0.4, 0.5) is 17.8 Å². The van der Waals surface area contributed by atoms with Crippen molar-refractivity contribution in [1.29, 1.82) is 0 Å². The number of aromatic nitrogens is 12. The molecule has 43 heteroatoms. The minimum absolute atomic E-state index is 0.0388. The lowest BCUT2D eigenvalue weighted by Crippen LogP contribution is -2.33. The Balaban J connectivity index is 0.000000161. The molecule has 0 aromatic carbocycles. The Labute approximate surface area is 400 Å². The summed E-state index contributed by atoms with van der Waals surface area (Å²) in [7, 11) is -16.2. The first-order chi connectivity index (χ1) is 34.0. The summed E-state index contributed by atoms with van der Waals surface area (Å²) in [5.41, 5.74) is 15.3. The third-order valence-corrected chi connectivity index (χ3v) is 13.5. The lowest BCUT2D eigenvalue weighted by molar-refractivity contribution is -0.0511. The van der Waals surface area contributed by atoms with Gasteiger partial charge in [-0.1, -0.05) is 0 Å². The third-order valence-electron chi connectivity index (χ3n) is 10.1. The maximum Gasteiger partial charge on any atom is 0.490 e. The number of aliphatic hydroxyl groups excluding tert-OH is 9. The lowest BCUT2D eigenvalue weighted by Gasteiger charge is -2.16. The third kappa shape index (κ3) is 12.7. The molecule has 6 aromatic heterocycles. The summed E-state index contributed by atoms with van der Waals surface area (Å²) in [6, 6.07) is 0. The Kier molecular flexibility index (Phi) is 17.1. The van der Waals surface area contributed by atoms with Gasteiger partial charge in [0.05, 0.1) is 38.8 Å². The van der Waals surface area contributed by atoms with Gasteiger partial charge in [0, 0.05) is 0 Å². The minimum atomic E-state index is -5.46. The Hall–Kier alpha value is -5.62. The van der Waals surface area contributed by atoms with E-state index in [-0.39, 0.29) is 51.3 Å². The van der Waals surface area contributed by atoms with Gasteiger partial charge in [0.15, 0.2) is 52.2 Å². The van der Waals surface area contributed by atoms with Crippen LogP contribution < -0.4 is 33.9 Å². The van der Waals surface area contributed by atoms with Gasteiger partial charge in [-0.05, 0) is 0 Å². The van der Waals surface area contributed by atoms with Gasteiger partial charge in [-0.15, -0.1) is 0 Å². The highest BCUT2D eigenvalue weighted by Crippen LogP contribution is 2.64. The second-order valence-corrected chi connectivity index (χ2v) is 19.3. The molecule has 73 heavy (non-hydrogen) atoms. The van der Waals surface area contributed by atoms with Crippen molar-refractivity contribution < 1.29 is 107 Å². The summed E-state index contributed by atoms with van der Waals surface area (Å²) in [6.45, 7) is -1.34. The molecular formula is C30H44N15O25P3. The number of nitrogens with zero attached hydrogens (tertiary/aromatic N) is 9. The van der Waals surface area contributed by atoms with E-state index in [0.717, 1.165) is 0 Å². The maximum absolute atomic E-state index is 11.7. The molecule has 23 N–H and O–H groups in total. The van der Waals surface area contributed by atoms with Crippen molar-refractivity contribution in [2.75, 3.05) is 37.0 Å². The lowest BCUT2D eigenvalue weighted by atomic mass is 10.1. The van der Waals surface area contributed by atoms with E-state index in [9.17, 15) is 58.7 Å². The van der Waals surface area contributed by atoms with E-state index < -0.39 is 134 Å². The average Bonchev–Trinajstić information content (AvgIpc) is 4.14. The highest BCUT2D eigenvalue weighted by Gasteiger charge is 2.46. The molecule has 0 amide bonds. The van der Waals surface area contributed by atoms with Crippen LogP contribution in [-0.2, 0) is 36.5 Å². The molecule has 12 atom stereocenters. The van der Waals surface area contributed by atoms with Crippen LogP contribution in [0.2, 0.25) is 0 Å². The van der Waals surface area contributed by atoms with Gasteiger partial charge in [-0.25, -0.2) is 28.6 Å². The summed E-state index contributed by atoms with van der Waals surface area (Å²) < 4.78 is 56.3. The van der Waals surface area contributed by atoms with Gasteiger partial charge >= 0.3 is 23.5 Å². The zero-order valence-corrected chi connectivity index (χ0v) is 38.8. The number of nitrogens with one attached hydrogen (secondary N) is 3. The zero-order valence-electron chi connectivity index (χ0n) is 36.1. The number of aliphatic hydroxyl groups is 9. The van der Waals surface area contributed by atoms with Crippen molar-refractivity contribution in [3.63, 3.8) is 0 Å². The van der Waals surface area contributed by atoms with Crippen LogP contribution in [0.25, 0.3) is 33.5 Å². The van der Waals surface area contributed by atoms with Crippen LogP contribution in [0.3, 0.4) is 0 Å². The minimum Gasteiger partial charge on any atom is -0.394 e. The number of H-pyrrole nitrogens is 3. The average molecular weight is 1110 g/mol. The Morgan fingerprint density at radius 1 is 0.493 bits per heavy atom. The Bertz CT molecular complexity index is 2930. The summed E-state index contributed by atoms with van der Waals surface area (Å²) >= 11 is 0. The van der Waals surface area contributed by atoms with Gasteiger partial charge < -0.3 is 102 Å². The normalized spacial score (nSPS) is 27.4. The van der Waals surface area contributed by atoms with Crippen LogP contribution in [0.1, 0.15) is 18.7 Å². The molecule has 0 aliphatic carbocycles. The molecule has 3 aliphatic rings. The van der Waals surface area contributed by atoms with E-state index in [4.69, 9.17) is 71.2 Å². The van der Waals surface area contributed by atoms with E-state index in [2.05, 4.69) is 53.5 Å². The predicted octanol–water partition coefficient (Wildman–Crippen LogP) is -8.75. The molecule has 3 fully saturated rings. The van der Waals surface area contributed by atoms with E-state index >= 15 is 0 Å². The van der Waals surface area contributed by atoms with Crippen molar-refractivity contribution in [3.8, 4) is 0 Å². The molecule has 0 spiro atoms. The fourth-order valence-corrected chi connectivity index (χ4v) is 9.54. The Morgan fingerprint density at radius 2 is 0.740 bits per heavy atom. The molecular weight excluding hydrogens is 1060 g/mol. The van der Waals surface area contributed by atoms with Gasteiger partial charge in [-0.3, -0.25) is 43.0 Å². The van der Waals surface area contributed by atoms with E-state index in [1.165, 1.54) is 32.7 Å². The van der Waals surface area contributed by atoms with Crippen LogP contribution in [-0.4, -0.2) is 204 Å². The second-order valence-electron chi connectivity index (χ2n) is 15.1. The molecule has 6 aromatic rings. The van der Waals surface area contributed by atoms with Crippen molar-refractivity contribution in [2.24, 2.45) is 0 Å². The molecule has 9 rings (SSSR count). The number of hydrogen-bond acceptors (Lipinski definition) is 29. The second kappa shape index (κ2) is 22.1. The number of rotatable bonds is 10. The number of anilines is 3.